The molecule has 0 saturated carbocycles. The molecule has 1 unspecified atom stereocenters. The molecule has 0 aromatic heterocycles. The Hall–Kier alpha value is -3.78. The highest BCUT2D eigenvalue weighted by Crippen LogP contribution is 2.36. The zero-order chi connectivity index (χ0) is 28.9. The lowest BCUT2D eigenvalue weighted by Crippen LogP contribution is -2.38. The molecule has 4 aromatic carbocycles. The van der Waals surface area contributed by atoms with Crippen LogP contribution in [0.3, 0.4) is 0 Å². The van der Waals surface area contributed by atoms with Gasteiger partial charge in [0, 0.05) is 36.3 Å². The summed E-state index contributed by atoms with van der Waals surface area (Å²) < 4.78 is 13.7. The zero-order valence-corrected chi connectivity index (χ0v) is 24.6. The molecule has 2 amide bonds. The van der Waals surface area contributed by atoms with Gasteiger partial charge in [0.2, 0.25) is 0 Å². The van der Waals surface area contributed by atoms with Gasteiger partial charge in [-0.3, -0.25) is 14.5 Å². The van der Waals surface area contributed by atoms with E-state index in [-0.39, 0.29) is 18.4 Å². The Morgan fingerprint density at radius 2 is 1.63 bits per heavy atom. The molecule has 0 saturated heterocycles. The minimum absolute atomic E-state index is 0.214. The maximum absolute atomic E-state index is 13.8. The summed E-state index contributed by atoms with van der Waals surface area (Å²) in [5.74, 6) is -0.530. The number of carbonyl (C=O) groups excluding carboxylic acids is 2. The van der Waals surface area contributed by atoms with Crippen LogP contribution in [-0.2, 0) is 23.9 Å². The van der Waals surface area contributed by atoms with Crippen molar-refractivity contribution in [3.63, 3.8) is 0 Å². The van der Waals surface area contributed by atoms with Crippen LogP contribution in [0.4, 0.5) is 5.69 Å². The van der Waals surface area contributed by atoms with Gasteiger partial charge in [-0.2, -0.15) is 0 Å². The molecule has 8 heteroatoms. The lowest BCUT2D eigenvalue weighted by atomic mass is 10.1. The molecular formula is C33H32ClN3O3S. The molecule has 1 aliphatic rings. The SMILES string of the molecule is CC(C)N(CCNC(=O)c1ccc2c(c1)N(Cc1cccc(Cl)c1)C(=O)c1ccccc1S2=O)Cc1ccccc1. The summed E-state index contributed by atoms with van der Waals surface area (Å²) in [5.41, 5.74) is 3.27. The van der Waals surface area contributed by atoms with Gasteiger partial charge in [-0.05, 0) is 67.4 Å². The normalized spacial score (nSPS) is 14.5. The van der Waals surface area contributed by atoms with Crippen LogP contribution in [0.25, 0.3) is 0 Å². The van der Waals surface area contributed by atoms with Gasteiger partial charge >= 0.3 is 0 Å². The third-order valence-electron chi connectivity index (χ3n) is 7.15. The average Bonchev–Trinajstić information content (AvgIpc) is 3.06. The second kappa shape index (κ2) is 12.8. The van der Waals surface area contributed by atoms with Crippen LogP contribution in [0.2, 0.25) is 5.02 Å². The second-order valence-corrected chi connectivity index (χ2v) is 12.1. The Labute approximate surface area is 248 Å². The Balaban J connectivity index is 1.40. The fraction of sp³-hybridized carbons (Fsp3) is 0.212. The van der Waals surface area contributed by atoms with E-state index in [2.05, 4.69) is 36.2 Å². The van der Waals surface area contributed by atoms with E-state index in [1.165, 1.54) is 5.56 Å². The van der Waals surface area contributed by atoms with E-state index in [4.69, 9.17) is 11.6 Å². The summed E-state index contributed by atoms with van der Waals surface area (Å²) in [4.78, 5) is 31.9. The molecule has 1 heterocycles. The first-order chi connectivity index (χ1) is 19.8. The van der Waals surface area contributed by atoms with Gasteiger partial charge in [0.05, 0.1) is 38.4 Å². The zero-order valence-electron chi connectivity index (χ0n) is 23.0. The number of hydrogen-bond acceptors (Lipinski definition) is 4. The van der Waals surface area contributed by atoms with E-state index in [0.717, 1.165) is 12.1 Å². The number of rotatable bonds is 9. The molecule has 0 bridgehead atoms. The molecule has 6 nitrogen and oxygen atoms in total. The van der Waals surface area contributed by atoms with Crippen LogP contribution in [0, 0.1) is 0 Å². The minimum Gasteiger partial charge on any atom is -0.351 e. The predicted molar refractivity (Wildman–Crippen MR) is 164 cm³/mol. The summed E-state index contributed by atoms with van der Waals surface area (Å²) in [6.45, 7) is 6.43. The third-order valence-corrected chi connectivity index (χ3v) is 8.88. The second-order valence-electron chi connectivity index (χ2n) is 10.3. The molecule has 0 aliphatic carbocycles. The third kappa shape index (κ3) is 6.59. The quantitative estimate of drug-likeness (QED) is 0.250. The highest BCUT2D eigenvalue weighted by Gasteiger charge is 2.31. The van der Waals surface area contributed by atoms with E-state index in [1.54, 1.807) is 59.5 Å². The van der Waals surface area contributed by atoms with E-state index >= 15 is 0 Å². The highest BCUT2D eigenvalue weighted by molar-refractivity contribution is 7.85. The molecule has 41 heavy (non-hydrogen) atoms. The average molecular weight is 586 g/mol. The van der Waals surface area contributed by atoms with Gasteiger partial charge in [-0.15, -0.1) is 0 Å². The minimum atomic E-state index is -1.60. The van der Waals surface area contributed by atoms with E-state index in [1.807, 2.05) is 30.3 Å². The van der Waals surface area contributed by atoms with Crippen LogP contribution in [0.1, 0.15) is 45.7 Å². The van der Waals surface area contributed by atoms with Crippen molar-refractivity contribution in [3.8, 4) is 0 Å². The molecule has 1 atom stereocenters. The van der Waals surface area contributed by atoms with Crippen LogP contribution in [-0.4, -0.2) is 40.1 Å². The molecule has 5 rings (SSSR count). The maximum atomic E-state index is 13.8. The molecule has 4 aromatic rings. The van der Waals surface area contributed by atoms with Crippen molar-refractivity contribution >= 4 is 39.9 Å². The van der Waals surface area contributed by atoms with Gasteiger partial charge in [0.15, 0.2) is 0 Å². The summed E-state index contributed by atoms with van der Waals surface area (Å²) in [7, 11) is -1.60. The number of benzene rings is 4. The monoisotopic (exact) mass is 585 g/mol. The molecule has 1 aliphatic heterocycles. The van der Waals surface area contributed by atoms with Crippen molar-refractivity contribution in [1.82, 2.24) is 10.2 Å². The summed E-state index contributed by atoms with van der Waals surface area (Å²) in [5, 5.41) is 3.59. The first-order valence-electron chi connectivity index (χ1n) is 13.6. The largest absolute Gasteiger partial charge is 0.351 e. The first kappa shape index (κ1) is 28.7. The van der Waals surface area contributed by atoms with Crippen molar-refractivity contribution in [3.05, 3.63) is 124 Å². The number of carbonyl (C=O) groups is 2. The summed E-state index contributed by atoms with van der Waals surface area (Å²) in [6, 6.07) is 29.8. The van der Waals surface area contributed by atoms with E-state index in [9.17, 15) is 13.8 Å². The lowest BCUT2D eigenvalue weighted by molar-refractivity contribution is 0.0941. The Morgan fingerprint density at radius 3 is 2.39 bits per heavy atom. The Kier molecular flexibility index (Phi) is 8.98. The van der Waals surface area contributed by atoms with E-state index in [0.29, 0.717) is 50.8 Å². The van der Waals surface area contributed by atoms with Crippen molar-refractivity contribution in [1.29, 1.82) is 0 Å². The molecule has 0 fully saturated rings. The number of fused-ring (bicyclic) bond motifs is 2. The maximum Gasteiger partial charge on any atom is 0.259 e. The summed E-state index contributed by atoms with van der Waals surface area (Å²) >= 11 is 6.23. The fourth-order valence-corrected chi connectivity index (χ4v) is 6.49. The summed E-state index contributed by atoms with van der Waals surface area (Å²) in [6.07, 6.45) is 0. The topological polar surface area (TPSA) is 69.7 Å². The van der Waals surface area contributed by atoms with Crippen LogP contribution < -0.4 is 10.2 Å². The Bertz CT molecular complexity index is 1590. The lowest BCUT2D eigenvalue weighted by Gasteiger charge is -2.26. The standard InChI is InChI=1S/C33H32ClN3O3S/c1-23(2)36(21-24-9-4-3-5-10-24)18-17-35-32(38)26-15-16-31-29(20-26)37(22-25-11-8-12-27(34)19-25)33(39)28-13-6-7-14-30(28)41(31)40/h3-16,19-20,23H,17-18,21-22H2,1-2H3,(H,35,38). The number of halogens is 1. The van der Waals surface area contributed by atoms with Gasteiger partial charge in [-0.25, -0.2) is 4.21 Å². The molecule has 0 spiro atoms. The number of anilines is 1. The molecule has 1 N–H and O–H groups in total. The number of nitrogens with one attached hydrogen (secondary N) is 1. The molecule has 0 radical (unpaired) electrons. The predicted octanol–water partition coefficient (Wildman–Crippen LogP) is 6.31. The molecular weight excluding hydrogens is 554 g/mol. The Morgan fingerprint density at radius 1 is 0.902 bits per heavy atom. The van der Waals surface area contributed by atoms with Crippen LogP contribution >= 0.6 is 11.6 Å². The first-order valence-corrected chi connectivity index (χ1v) is 15.1. The van der Waals surface area contributed by atoms with Gasteiger partial charge in [0.1, 0.15) is 0 Å². The van der Waals surface area contributed by atoms with Gasteiger partial charge in [0.25, 0.3) is 11.8 Å². The van der Waals surface area contributed by atoms with Crippen molar-refractivity contribution in [2.45, 2.75) is 42.8 Å². The number of amides is 2. The van der Waals surface area contributed by atoms with E-state index < -0.39 is 10.8 Å². The number of hydrogen-bond donors (Lipinski definition) is 1. The van der Waals surface area contributed by atoms with Gasteiger partial charge < -0.3 is 10.2 Å². The van der Waals surface area contributed by atoms with Gasteiger partial charge in [-0.1, -0.05) is 66.2 Å². The number of nitrogens with zero attached hydrogens (tertiary/aromatic N) is 2. The van der Waals surface area contributed by atoms with Crippen molar-refractivity contribution in [2.24, 2.45) is 0 Å². The smallest absolute Gasteiger partial charge is 0.259 e. The van der Waals surface area contributed by atoms with Crippen LogP contribution in [0.5, 0.6) is 0 Å². The highest BCUT2D eigenvalue weighted by atomic mass is 35.5. The molecule has 210 valence electrons. The fourth-order valence-electron chi connectivity index (χ4n) is 4.93. The van der Waals surface area contributed by atoms with Crippen molar-refractivity contribution in [2.75, 3.05) is 18.0 Å². The van der Waals surface area contributed by atoms with Crippen molar-refractivity contribution < 1.29 is 13.8 Å². The van der Waals surface area contributed by atoms with Crippen LogP contribution in [0.15, 0.2) is 107 Å².